The number of hydrogen-bond donors (Lipinski definition) is 0. The van der Waals surface area contributed by atoms with E-state index in [1.807, 2.05) is 25.1 Å². The van der Waals surface area contributed by atoms with Gasteiger partial charge in [0.2, 0.25) is 0 Å². The zero-order valence-corrected chi connectivity index (χ0v) is 7.84. The van der Waals surface area contributed by atoms with Crippen molar-refractivity contribution in [1.82, 2.24) is 0 Å². The lowest BCUT2D eigenvalue weighted by molar-refractivity contribution is 0.257. The number of carbonyl (C=O) groups excluding carboxylic acids is 1. The van der Waals surface area contributed by atoms with Crippen molar-refractivity contribution in [3.8, 4) is 0 Å². The SMILES string of the molecule is Cc1cccc(C2C=NC(=O)N=C2)c1. The molecule has 0 atom stereocenters. The fraction of sp³-hybridized carbons (Fsp3) is 0.182. The molecule has 2 amide bonds. The summed E-state index contributed by atoms with van der Waals surface area (Å²) in [6.45, 7) is 2.03. The first-order chi connectivity index (χ1) is 6.75. The Morgan fingerprint density at radius 1 is 1.21 bits per heavy atom. The summed E-state index contributed by atoms with van der Waals surface area (Å²) in [7, 11) is 0. The number of aryl methyl sites for hydroxylation is 1. The van der Waals surface area contributed by atoms with E-state index >= 15 is 0 Å². The minimum Gasteiger partial charge on any atom is -0.244 e. The molecule has 3 heteroatoms. The van der Waals surface area contributed by atoms with E-state index in [1.54, 1.807) is 12.4 Å². The highest BCUT2D eigenvalue weighted by molar-refractivity contribution is 6.03. The number of rotatable bonds is 1. The van der Waals surface area contributed by atoms with Gasteiger partial charge in [-0.25, -0.2) is 14.8 Å². The van der Waals surface area contributed by atoms with Gasteiger partial charge in [-0.2, -0.15) is 0 Å². The zero-order chi connectivity index (χ0) is 9.97. The summed E-state index contributed by atoms with van der Waals surface area (Å²) >= 11 is 0. The quantitative estimate of drug-likeness (QED) is 0.663. The number of amides is 2. The van der Waals surface area contributed by atoms with Crippen molar-refractivity contribution in [2.24, 2.45) is 9.98 Å². The van der Waals surface area contributed by atoms with Crippen LogP contribution >= 0.6 is 0 Å². The third-order valence-corrected chi connectivity index (χ3v) is 2.12. The highest BCUT2D eigenvalue weighted by Crippen LogP contribution is 2.15. The maximum absolute atomic E-state index is 10.7. The summed E-state index contributed by atoms with van der Waals surface area (Å²) in [6, 6.07) is 7.67. The van der Waals surface area contributed by atoms with Gasteiger partial charge >= 0.3 is 6.03 Å². The van der Waals surface area contributed by atoms with Crippen LogP contribution in [0.15, 0.2) is 34.3 Å². The van der Waals surface area contributed by atoms with Gasteiger partial charge in [-0.05, 0) is 12.5 Å². The summed E-state index contributed by atoms with van der Waals surface area (Å²) in [4.78, 5) is 18.0. The maximum Gasteiger partial charge on any atom is 0.366 e. The van der Waals surface area contributed by atoms with Crippen LogP contribution in [-0.2, 0) is 0 Å². The van der Waals surface area contributed by atoms with Gasteiger partial charge in [0.15, 0.2) is 0 Å². The Morgan fingerprint density at radius 2 is 1.93 bits per heavy atom. The smallest absolute Gasteiger partial charge is 0.244 e. The third-order valence-electron chi connectivity index (χ3n) is 2.12. The van der Waals surface area contributed by atoms with Crippen LogP contribution < -0.4 is 0 Å². The molecule has 1 aliphatic heterocycles. The van der Waals surface area contributed by atoms with Gasteiger partial charge in [0.1, 0.15) is 0 Å². The number of aliphatic imine (C=N–C) groups is 2. The lowest BCUT2D eigenvalue weighted by Crippen LogP contribution is -2.08. The number of urea groups is 1. The molecular formula is C11H10N2O. The van der Waals surface area contributed by atoms with E-state index in [0.717, 1.165) is 5.56 Å². The lowest BCUT2D eigenvalue weighted by atomic mass is 9.99. The average molecular weight is 186 g/mol. The molecule has 0 saturated heterocycles. The second-order valence-corrected chi connectivity index (χ2v) is 3.28. The van der Waals surface area contributed by atoms with Crippen molar-refractivity contribution in [2.75, 3.05) is 0 Å². The van der Waals surface area contributed by atoms with E-state index in [2.05, 4.69) is 16.1 Å². The Hall–Kier alpha value is -1.77. The number of nitrogens with zero attached hydrogens (tertiary/aromatic N) is 2. The van der Waals surface area contributed by atoms with Gasteiger partial charge in [-0.15, -0.1) is 0 Å². The summed E-state index contributed by atoms with van der Waals surface area (Å²) in [5.41, 5.74) is 2.31. The predicted octanol–water partition coefficient (Wildman–Crippen LogP) is 2.35. The molecule has 0 N–H and O–H groups in total. The predicted molar refractivity (Wildman–Crippen MR) is 56.3 cm³/mol. The molecule has 0 aromatic heterocycles. The summed E-state index contributed by atoms with van der Waals surface area (Å²) in [5, 5.41) is 0. The summed E-state index contributed by atoms with van der Waals surface area (Å²) in [6.07, 6.45) is 3.26. The fourth-order valence-corrected chi connectivity index (χ4v) is 1.41. The van der Waals surface area contributed by atoms with Crippen LogP contribution in [0.2, 0.25) is 0 Å². The molecule has 0 fully saturated rings. The molecule has 0 spiro atoms. The third kappa shape index (κ3) is 1.76. The first-order valence-electron chi connectivity index (χ1n) is 4.44. The van der Waals surface area contributed by atoms with Crippen molar-refractivity contribution >= 4 is 18.5 Å². The molecule has 1 aliphatic rings. The van der Waals surface area contributed by atoms with Gasteiger partial charge in [-0.3, -0.25) is 0 Å². The molecule has 0 radical (unpaired) electrons. The van der Waals surface area contributed by atoms with Crippen molar-refractivity contribution in [1.29, 1.82) is 0 Å². The highest BCUT2D eigenvalue weighted by Gasteiger charge is 2.10. The normalized spacial score (nSPS) is 16.2. The standard InChI is InChI=1S/C11H10N2O/c1-8-3-2-4-9(5-8)10-6-12-11(14)13-7-10/h2-7,10H,1H3. The van der Waals surface area contributed by atoms with E-state index in [0.29, 0.717) is 0 Å². The molecule has 0 saturated carbocycles. The Labute approximate surface area is 82.2 Å². The highest BCUT2D eigenvalue weighted by atomic mass is 16.2. The van der Waals surface area contributed by atoms with Crippen LogP contribution in [-0.4, -0.2) is 18.5 Å². The molecule has 0 aliphatic carbocycles. The van der Waals surface area contributed by atoms with E-state index < -0.39 is 6.03 Å². The largest absolute Gasteiger partial charge is 0.366 e. The summed E-state index contributed by atoms with van der Waals surface area (Å²) < 4.78 is 0. The molecule has 0 bridgehead atoms. The molecule has 1 aromatic rings. The second kappa shape index (κ2) is 3.54. The Kier molecular flexibility index (Phi) is 2.23. The molecule has 2 rings (SSSR count). The van der Waals surface area contributed by atoms with Gasteiger partial charge in [-0.1, -0.05) is 29.8 Å². The zero-order valence-electron chi connectivity index (χ0n) is 7.84. The van der Waals surface area contributed by atoms with Crippen LogP contribution in [0.5, 0.6) is 0 Å². The van der Waals surface area contributed by atoms with E-state index in [9.17, 15) is 4.79 Å². The van der Waals surface area contributed by atoms with Gasteiger partial charge in [0.05, 0.1) is 5.92 Å². The number of benzene rings is 1. The average Bonchev–Trinajstić information content (AvgIpc) is 2.19. The molecule has 14 heavy (non-hydrogen) atoms. The van der Waals surface area contributed by atoms with E-state index in [1.165, 1.54) is 5.56 Å². The molecular weight excluding hydrogens is 176 g/mol. The van der Waals surface area contributed by atoms with Crippen molar-refractivity contribution < 1.29 is 4.79 Å². The van der Waals surface area contributed by atoms with Gasteiger partial charge in [0.25, 0.3) is 0 Å². The lowest BCUT2D eigenvalue weighted by Gasteiger charge is -2.09. The van der Waals surface area contributed by atoms with E-state index in [4.69, 9.17) is 0 Å². The van der Waals surface area contributed by atoms with Crippen LogP contribution in [0.3, 0.4) is 0 Å². The topological polar surface area (TPSA) is 41.8 Å². The van der Waals surface area contributed by atoms with Crippen LogP contribution in [0, 0.1) is 6.92 Å². The summed E-state index contributed by atoms with van der Waals surface area (Å²) in [5.74, 6) is 0.0348. The van der Waals surface area contributed by atoms with E-state index in [-0.39, 0.29) is 5.92 Å². The minimum atomic E-state index is -0.422. The van der Waals surface area contributed by atoms with Gasteiger partial charge < -0.3 is 0 Å². The van der Waals surface area contributed by atoms with Crippen LogP contribution in [0.25, 0.3) is 0 Å². The van der Waals surface area contributed by atoms with Gasteiger partial charge in [0, 0.05) is 12.4 Å². The van der Waals surface area contributed by atoms with Crippen molar-refractivity contribution in [3.63, 3.8) is 0 Å². The number of hydrogen-bond acceptors (Lipinski definition) is 1. The first kappa shape index (κ1) is 8.81. The monoisotopic (exact) mass is 186 g/mol. The fourth-order valence-electron chi connectivity index (χ4n) is 1.41. The second-order valence-electron chi connectivity index (χ2n) is 3.28. The Morgan fingerprint density at radius 3 is 2.57 bits per heavy atom. The van der Waals surface area contributed by atoms with Crippen molar-refractivity contribution in [3.05, 3.63) is 35.4 Å². The molecule has 1 heterocycles. The van der Waals surface area contributed by atoms with Crippen LogP contribution in [0.4, 0.5) is 4.79 Å². The molecule has 70 valence electrons. The Bertz CT molecular complexity index is 405. The molecule has 3 nitrogen and oxygen atoms in total. The molecule has 0 unspecified atom stereocenters. The minimum absolute atomic E-state index is 0.0348. The van der Waals surface area contributed by atoms with Crippen LogP contribution in [0.1, 0.15) is 17.0 Å². The van der Waals surface area contributed by atoms with Crippen molar-refractivity contribution in [2.45, 2.75) is 12.8 Å². The maximum atomic E-state index is 10.7. The Balaban J connectivity index is 2.29. The first-order valence-corrected chi connectivity index (χ1v) is 4.44. The molecule has 1 aromatic carbocycles. The number of carbonyl (C=O) groups is 1.